The Kier molecular flexibility index (Phi) is 5.26. The Bertz CT molecular complexity index is 748. The van der Waals surface area contributed by atoms with Crippen molar-refractivity contribution in [1.82, 2.24) is 10.3 Å². The number of hydrogen-bond donors (Lipinski definition) is 1. The van der Waals surface area contributed by atoms with Crippen LogP contribution in [0.15, 0.2) is 41.9 Å². The van der Waals surface area contributed by atoms with E-state index in [-0.39, 0.29) is 0 Å². The van der Waals surface area contributed by atoms with Crippen LogP contribution in [0.1, 0.15) is 16.1 Å². The molecule has 0 atom stereocenters. The summed E-state index contributed by atoms with van der Waals surface area (Å²) < 4.78 is 0. The number of aryl methyl sites for hydroxylation is 1. The maximum Gasteiger partial charge on any atom is 0.107 e. The van der Waals surface area contributed by atoms with E-state index < -0.39 is 0 Å². The van der Waals surface area contributed by atoms with E-state index in [1.54, 1.807) is 22.7 Å². The number of thiazole rings is 1. The van der Waals surface area contributed by atoms with Crippen LogP contribution in [0.5, 0.6) is 0 Å². The van der Waals surface area contributed by atoms with Crippen molar-refractivity contribution in [2.75, 3.05) is 6.54 Å². The monoisotopic (exact) mass is 348 g/mol. The van der Waals surface area contributed by atoms with Crippen molar-refractivity contribution in [3.63, 3.8) is 0 Å². The normalized spacial score (nSPS) is 11.0. The second-order valence-electron chi connectivity index (χ2n) is 5.07. The van der Waals surface area contributed by atoms with E-state index in [0.29, 0.717) is 0 Å². The molecule has 1 aromatic carbocycles. The van der Waals surface area contributed by atoms with Gasteiger partial charge >= 0.3 is 0 Å². The molecule has 0 saturated carbocycles. The fourth-order valence-corrected chi connectivity index (χ4v) is 4.46. The van der Waals surface area contributed by atoms with Gasteiger partial charge < -0.3 is 5.32 Å². The van der Waals surface area contributed by atoms with Gasteiger partial charge in [-0.05, 0) is 48.5 Å². The first-order valence-electron chi connectivity index (χ1n) is 7.17. The van der Waals surface area contributed by atoms with Gasteiger partial charge in [-0.25, -0.2) is 4.98 Å². The fraction of sp³-hybridized carbons (Fsp3) is 0.235. The van der Waals surface area contributed by atoms with E-state index in [4.69, 9.17) is 11.6 Å². The minimum absolute atomic E-state index is 0.805. The minimum Gasteiger partial charge on any atom is -0.310 e. The summed E-state index contributed by atoms with van der Waals surface area (Å²) in [7, 11) is 0. The molecule has 0 amide bonds. The van der Waals surface area contributed by atoms with Gasteiger partial charge in [-0.1, -0.05) is 29.8 Å². The van der Waals surface area contributed by atoms with Gasteiger partial charge in [0.1, 0.15) is 5.01 Å². The molecule has 114 valence electrons. The van der Waals surface area contributed by atoms with Crippen LogP contribution >= 0.6 is 34.3 Å². The Labute approximate surface area is 143 Å². The number of benzene rings is 1. The summed E-state index contributed by atoms with van der Waals surface area (Å²) in [5.74, 6) is 0. The van der Waals surface area contributed by atoms with Gasteiger partial charge in [0, 0.05) is 22.6 Å². The van der Waals surface area contributed by atoms with Crippen molar-refractivity contribution >= 4 is 34.3 Å². The third-order valence-corrected chi connectivity index (χ3v) is 6.01. The second-order valence-corrected chi connectivity index (χ2v) is 7.51. The lowest BCUT2D eigenvalue weighted by atomic mass is 10.1. The first-order chi connectivity index (χ1) is 10.7. The van der Waals surface area contributed by atoms with Gasteiger partial charge in [-0.15, -0.1) is 22.7 Å². The molecular formula is C17H17ClN2S2. The predicted octanol–water partition coefficient (Wildman–Crippen LogP) is 5.17. The standard InChI is InChI=1S/C17H17ClN2S2/c1-12-7-9-21-17(12)15-10-20-16(22-15)11-19-8-6-13-4-2-3-5-14(13)18/h2-5,7,9-10,19H,6,8,11H2,1H3. The maximum atomic E-state index is 6.16. The lowest BCUT2D eigenvalue weighted by molar-refractivity contribution is 0.684. The van der Waals surface area contributed by atoms with Crippen LogP contribution in [0.3, 0.4) is 0 Å². The average Bonchev–Trinajstić information content (AvgIpc) is 3.14. The molecule has 0 unspecified atom stereocenters. The molecule has 3 aromatic rings. The zero-order valence-electron chi connectivity index (χ0n) is 12.3. The van der Waals surface area contributed by atoms with E-state index in [2.05, 4.69) is 34.7 Å². The van der Waals surface area contributed by atoms with Crippen LogP contribution < -0.4 is 5.32 Å². The zero-order valence-corrected chi connectivity index (χ0v) is 14.7. The molecule has 2 aromatic heterocycles. The minimum atomic E-state index is 0.805. The van der Waals surface area contributed by atoms with Crippen LogP contribution in [0.25, 0.3) is 9.75 Å². The Morgan fingerprint density at radius 2 is 2.09 bits per heavy atom. The number of aromatic nitrogens is 1. The largest absolute Gasteiger partial charge is 0.310 e. The molecule has 0 aliphatic rings. The predicted molar refractivity (Wildman–Crippen MR) is 97.0 cm³/mol. The van der Waals surface area contributed by atoms with Crippen LogP contribution in [-0.4, -0.2) is 11.5 Å². The molecule has 2 nitrogen and oxygen atoms in total. The molecule has 22 heavy (non-hydrogen) atoms. The number of thiophene rings is 1. The highest BCUT2D eigenvalue weighted by Crippen LogP contribution is 2.33. The smallest absolute Gasteiger partial charge is 0.107 e. The van der Waals surface area contributed by atoms with Crippen molar-refractivity contribution in [2.24, 2.45) is 0 Å². The van der Waals surface area contributed by atoms with Gasteiger partial charge in [0.05, 0.1) is 4.88 Å². The molecule has 0 radical (unpaired) electrons. The Morgan fingerprint density at radius 3 is 2.86 bits per heavy atom. The van der Waals surface area contributed by atoms with Gasteiger partial charge in [-0.2, -0.15) is 0 Å². The molecule has 5 heteroatoms. The molecule has 1 N–H and O–H groups in total. The molecule has 0 fully saturated rings. The summed E-state index contributed by atoms with van der Waals surface area (Å²) in [5, 5.41) is 7.54. The Morgan fingerprint density at radius 1 is 1.23 bits per heavy atom. The molecule has 0 bridgehead atoms. The van der Waals surface area contributed by atoms with Crippen molar-refractivity contribution < 1.29 is 0 Å². The lowest BCUT2D eigenvalue weighted by Crippen LogP contribution is -2.16. The Balaban J connectivity index is 1.52. The fourth-order valence-electron chi connectivity index (χ4n) is 2.24. The van der Waals surface area contributed by atoms with Crippen LogP contribution in [0, 0.1) is 6.92 Å². The highest BCUT2D eigenvalue weighted by atomic mass is 35.5. The average molecular weight is 349 g/mol. The summed E-state index contributed by atoms with van der Waals surface area (Å²) in [6, 6.07) is 10.2. The van der Waals surface area contributed by atoms with Gasteiger partial charge in [-0.3, -0.25) is 0 Å². The van der Waals surface area contributed by atoms with E-state index in [0.717, 1.165) is 29.5 Å². The van der Waals surface area contributed by atoms with Gasteiger partial charge in [0.25, 0.3) is 0 Å². The highest BCUT2D eigenvalue weighted by molar-refractivity contribution is 7.21. The number of nitrogens with one attached hydrogen (secondary N) is 1. The summed E-state index contributed by atoms with van der Waals surface area (Å²) in [6.07, 6.45) is 2.91. The zero-order chi connectivity index (χ0) is 15.4. The summed E-state index contributed by atoms with van der Waals surface area (Å²) in [5.41, 5.74) is 2.51. The van der Waals surface area contributed by atoms with Crippen LogP contribution in [0.4, 0.5) is 0 Å². The Hall–Kier alpha value is -1.20. The van der Waals surface area contributed by atoms with E-state index in [1.807, 2.05) is 24.4 Å². The second kappa shape index (κ2) is 7.38. The molecule has 0 aliphatic carbocycles. The van der Waals surface area contributed by atoms with Crippen molar-refractivity contribution in [3.05, 3.63) is 63.1 Å². The van der Waals surface area contributed by atoms with E-state index >= 15 is 0 Å². The van der Waals surface area contributed by atoms with E-state index in [9.17, 15) is 0 Å². The summed E-state index contributed by atoms with van der Waals surface area (Å²) >= 11 is 9.70. The highest BCUT2D eigenvalue weighted by Gasteiger charge is 2.08. The van der Waals surface area contributed by atoms with Crippen molar-refractivity contribution in [2.45, 2.75) is 19.9 Å². The first-order valence-corrected chi connectivity index (χ1v) is 9.25. The lowest BCUT2D eigenvalue weighted by Gasteiger charge is -2.04. The summed E-state index contributed by atoms with van der Waals surface area (Å²) in [4.78, 5) is 7.10. The first kappa shape index (κ1) is 15.7. The molecule has 0 spiro atoms. The SMILES string of the molecule is Cc1ccsc1-c1cnc(CNCCc2ccccc2Cl)s1. The molecule has 3 rings (SSSR count). The maximum absolute atomic E-state index is 6.16. The third kappa shape index (κ3) is 3.76. The van der Waals surface area contributed by atoms with E-state index in [1.165, 1.54) is 20.9 Å². The van der Waals surface area contributed by atoms with Crippen molar-refractivity contribution in [1.29, 1.82) is 0 Å². The van der Waals surface area contributed by atoms with Gasteiger partial charge in [0.15, 0.2) is 0 Å². The number of halogens is 1. The number of hydrogen-bond acceptors (Lipinski definition) is 4. The molecular weight excluding hydrogens is 332 g/mol. The van der Waals surface area contributed by atoms with Crippen LogP contribution in [-0.2, 0) is 13.0 Å². The summed E-state index contributed by atoms with van der Waals surface area (Å²) in [6.45, 7) is 3.85. The quantitative estimate of drug-likeness (QED) is 0.622. The third-order valence-electron chi connectivity index (χ3n) is 3.44. The van der Waals surface area contributed by atoms with Gasteiger partial charge in [0.2, 0.25) is 0 Å². The molecule has 0 saturated heterocycles. The van der Waals surface area contributed by atoms with Crippen LogP contribution in [0.2, 0.25) is 5.02 Å². The number of nitrogens with zero attached hydrogens (tertiary/aromatic N) is 1. The molecule has 2 heterocycles. The van der Waals surface area contributed by atoms with Crippen molar-refractivity contribution in [3.8, 4) is 9.75 Å². The topological polar surface area (TPSA) is 24.9 Å². The molecule has 0 aliphatic heterocycles. The number of rotatable bonds is 6.